The van der Waals surface area contributed by atoms with Crippen LogP contribution in [0.3, 0.4) is 0 Å². The fourth-order valence-corrected chi connectivity index (χ4v) is 1.31. The second-order valence-corrected chi connectivity index (χ2v) is 3.10. The number of aliphatic carboxylic acids is 1. The van der Waals surface area contributed by atoms with Crippen molar-refractivity contribution in [2.24, 2.45) is 0 Å². The molecule has 0 aliphatic carbocycles. The molecule has 0 aromatic heterocycles. The molecule has 0 saturated heterocycles. The van der Waals surface area contributed by atoms with Crippen LogP contribution in [0, 0.1) is 0 Å². The summed E-state index contributed by atoms with van der Waals surface area (Å²) in [4.78, 5) is 10.6. The first-order chi connectivity index (χ1) is 7.17. The molecule has 0 heterocycles. The summed E-state index contributed by atoms with van der Waals surface area (Å²) in [6.07, 6.45) is -0.448. The summed E-state index contributed by atoms with van der Waals surface area (Å²) >= 11 is 0. The molecule has 0 saturated carbocycles. The number of hydrogen-bond acceptors (Lipinski definition) is 3. The molecule has 0 radical (unpaired) electrons. The predicted octanol–water partition coefficient (Wildman–Crippen LogP) is 1.86. The lowest BCUT2D eigenvalue weighted by atomic mass is 10.1. The summed E-state index contributed by atoms with van der Waals surface area (Å²) in [6, 6.07) is 7.16. The van der Waals surface area contributed by atoms with Crippen molar-refractivity contribution in [1.29, 1.82) is 0 Å². The summed E-state index contributed by atoms with van der Waals surface area (Å²) < 4.78 is 10.1. The molecule has 0 spiro atoms. The molecule has 1 aromatic rings. The second kappa shape index (κ2) is 5.36. The molecule has 1 N–H and O–H groups in total. The van der Waals surface area contributed by atoms with E-state index in [2.05, 4.69) is 0 Å². The number of benzene rings is 1. The normalized spacial score (nSPS) is 12.1. The van der Waals surface area contributed by atoms with E-state index in [0.29, 0.717) is 0 Å². The Morgan fingerprint density at radius 2 is 1.93 bits per heavy atom. The zero-order valence-electron chi connectivity index (χ0n) is 8.77. The molecule has 0 aliphatic rings. The van der Waals surface area contributed by atoms with Crippen molar-refractivity contribution in [2.75, 3.05) is 14.2 Å². The molecule has 1 rings (SSSR count). The third-order valence-corrected chi connectivity index (χ3v) is 2.13. The van der Waals surface area contributed by atoms with Crippen molar-refractivity contribution in [3.63, 3.8) is 0 Å². The van der Waals surface area contributed by atoms with Crippen LogP contribution in [-0.2, 0) is 9.53 Å². The highest BCUT2D eigenvalue weighted by Gasteiger charge is 2.14. The van der Waals surface area contributed by atoms with Gasteiger partial charge < -0.3 is 14.6 Å². The Bertz CT molecular complexity index is 318. The van der Waals surface area contributed by atoms with Crippen LogP contribution in [0.2, 0.25) is 0 Å². The molecule has 4 nitrogen and oxygen atoms in total. The van der Waals surface area contributed by atoms with Crippen LogP contribution >= 0.6 is 0 Å². The first-order valence-corrected chi connectivity index (χ1v) is 4.56. The van der Waals surface area contributed by atoms with Gasteiger partial charge in [-0.2, -0.15) is 0 Å². The quantitative estimate of drug-likeness (QED) is 0.805. The Labute approximate surface area is 88.4 Å². The van der Waals surface area contributed by atoms with E-state index in [1.165, 1.54) is 7.11 Å². The fraction of sp³-hybridized carbons (Fsp3) is 0.364. The Balaban J connectivity index is 2.78. The highest BCUT2D eigenvalue weighted by molar-refractivity contribution is 5.67. The monoisotopic (exact) mass is 210 g/mol. The lowest BCUT2D eigenvalue weighted by Crippen LogP contribution is -2.08. The summed E-state index contributed by atoms with van der Waals surface area (Å²) in [5.74, 6) is -0.137. The van der Waals surface area contributed by atoms with Gasteiger partial charge in [-0.3, -0.25) is 4.79 Å². The summed E-state index contributed by atoms with van der Waals surface area (Å²) in [6.45, 7) is 0. The first kappa shape index (κ1) is 11.5. The number of carboxylic acid groups (broad SMARTS) is 1. The Morgan fingerprint density at radius 1 is 1.33 bits per heavy atom. The maximum absolute atomic E-state index is 10.6. The summed E-state index contributed by atoms with van der Waals surface area (Å²) in [5.41, 5.74) is 0.834. The predicted molar refractivity (Wildman–Crippen MR) is 55.0 cm³/mol. The number of hydrogen-bond donors (Lipinski definition) is 1. The molecular formula is C11H14O4. The Morgan fingerprint density at radius 3 is 2.33 bits per heavy atom. The van der Waals surface area contributed by atoms with Gasteiger partial charge in [0.1, 0.15) is 5.75 Å². The lowest BCUT2D eigenvalue weighted by molar-refractivity contribution is -0.139. The van der Waals surface area contributed by atoms with Gasteiger partial charge in [0.2, 0.25) is 0 Å². The van der Waals surface area contributed by atoms with Gasteiger partial charge in [-0.05, 0) is 17.7 Å². The maximum atomic E-state index is 10.6. The SMILES string of the molecule is COc1ccc(C(CC(=O)O)OC)cc1. The molecular weight excluding hydrogens is 196 g/mol. The molecule has 0 fully saturated rings. The van der Waals surface area contributed by atoms with Crippen LogP contribution in [0.25, 0.3) is 0 Å². The van der Waals surface area contributed by atoms with Gasteiger partial charge in [-0.1, -0.05) is 12.1 Å². The van der Waals surface area contributed by atoms with Gasteiger partial charge >= 0.3 is 5.97 Å². The van der Waals surface area contributed by atoms with Crippen LogP contribution < -0.4 is 4.74 Å². The van der Waals surface area contributed by atoms with Gasteiger partial charge in [-0.25, -0.2) is 0 Å². The van der Waals surface area contributed by atoms with Crippen LogP contribution in [0.5, 0.6) is 5.75 Å². The van der Waals surface area contributed by atoms with Gasteiger partial charge in [0.25, 0.3) is 0 Å². The molecule has 0 amide bonds. The minimum atomic E-state index is -0.877. The van der Waals surface area contributed by atoms with E-state index in [1.807, 2.05) is 0 Å². The number of carbonyl (C=O) groups is 1. The number of ether oxygens (including phenoxy) is 2. The van der Waals surface area contributed by atoms with E-state index in [-0.39, 0.29) is 6.42 Å². The molecule has 1 unspecified atom stereocenters. The molecule has 1 atom stereocenters. The standard InChI is InChI=1S/C11H14O4/c1-14-9-5-3-8(4-6-9)10(15-2)7-11(12)13/h3-6,10H,7H2,1-2H3,(H,12,13). The number of methoxy groups -OCH3 is 2. The van der Waals surface area contributed by atoms with Gasteiger partial charge in [0.15, 0.2) is 0 Å². The maximum Gasteiger partial charge on any atom is 0.306 e. The second-order valence-electron chi connectivity index (χ2n) is 3.10. The van der Waals surface area contributed by atoms with Crippen LogP contribution in [0.15, 0.2) is 24.3 Å². The average molecular weight is 210 g/mol. The topological polar surface area (TPSA) is 55.8 Å². The average Bonchev–Trinajstić information content (AvgIpc) is 2.26. The largest absolute Gasteiger partial charge is 0.497 e. The Kier molecular flexibility index (Phi) is 4.12. The molecule has 0 aliphatic heterocycles. The van der Waals surface area contributed by atoms with Crippen molar-refractivity contribution in [3.05, 3.63) is 29.8 Å². The van der Waals surface area contributed by atoms with Gasteiger partial charge in [-0.15, -0.1) is 0 Å². The van der Waals surface area contributed by atoms with Crippen LogP contribution in [0.1, 0.15) is 18.1 Å². The fourth-order valence-electron chi connectivity index (χ4n) is 1.31. The minimum absolute atomic E-state index is 0.0389. The van der Waals surface area contributed by atoms with E-state index in [0.717, 1.165) is 11.3 Å². The highest BCUT2D eigenvalue weighted by Crippen LogP contribution is 2.22. The van der Waals surface area contributed by atoms with Gasteiger partial charge in [0.05, 0.1) is 19.6 Å². The molecule has 82 valence electrons. The van der Waals surface area contributed by atoms with E-state index in [4.69, 9.17) is 14.6 Å². The summed E-state index contributed by atoms with van der Waals surface area (Å²) in [5, 5.41) is 8.67. The number of carboxylic acids is 1. The van der Waals surface area contributed by atoms with E-state index >= 15 is 0 Å². The van der Waals surface area contributed by atoms with E-state index in [9.17, 15) is 4.79 Å². The smallest absolute Gasteiger partial charge is 0.306 e. The molecule has 0 bridgehead atoms. The third-order valence-electron chi connectivity index (χ3n) is 2.13. The lowest BCUT2D eigenvalue weighted by Gasteiger charge is -2.13. The number of rotatable bonds is 5. The first-order valence-electron chi connectivity index (χ1n) is 4.56. The van der Waals surface area contributed by atoms with E-state index < -0.39 is 12.1 Å². The highest BCUT2D eigenvalue weighted by atomic mass is 16.5. The zero-order valence-corrected chi connectivity index (χ0v) is 8.77. The van der Waals surface area contributed by atoms with Crippen molar-refractivity contribution >= 4 is 5.97 Å². The van der Waals surface area contributed by atoms with Gasteiger partial charge in [0, 0.05) is 7.11 Å². The van der Waals surface area contributed by atoms with Crippen molar-refractivity contribution in [1.82, 2.24) is 0 Å². The Hall–Kier alpha value is -1.55. The van der Waals surface area contributed by atoms with Crippen molar-refractivity contribution in [2.45, 2.75) is 12.5 Å². The molecule has 4 heteroatoms. The van der Waals surface area contributed by atoms with E-state index in [1.54, 1.807) is 31.4 Å². The minimum Gasteiger partial charge on any atom is -0.497 e. The van der Waals surface area contributed by atoms with Crippen molar-refractivity contribution in [3.8, 4) is 5.75 Å². The third kappa shape index (κ3) is 3.25. The van der Waals surface area contributed by atoms with Crippen LogP contribution in [-0.4, -0.2) is 25.3 Å². The van der Waals surface area contributed by atoms with Crippen LogP contribution in [0.4, 0.5) is 0 Å². The van der Waals surface area contributed by atoms with Crippen molar-refractivity contribution < 1.29 is 19.4 Å². The molecule has 15 heavy (non-hydrogen) atoms. The molecule has 1 aromatic carbocycles. The zero-order chi connectivity index (χ0) is 11.3. The summed E-state index contributed by atoms with van der Waals surface area (Å²) in [7, 11) is 3.08.